The molecule has 0 aliphatic carbocycles. The molecular formula is C14H13NO6. The minimum Gasteiger partial charge on any atom is -0.482 e. The Morgan fingerprint density at radius 3 is 2.81 bits per heavy atom. The Balaban J connectivity index is 2.21. The SMILES string of the molecule is CCc1ccc(OCc2ccoc2C(=O)O)c([N+](=O)[O-])c1. The highest BCUT2D eigenvalue weighted by molar-refractivity contribution is 5.86. The van der Waals surface area contributed by atoms with Gasteiger partial charge >= 0.3 is 11.7 Å². The molecule has 21 heavy (non-hydrogen) atoms. The zero-order valence-electron chi connectivity index (χ0n) is 11.2. The van der Waals surface area contributed by atoms with Crippen LogP contribution in [-0.2, 0) is 13.0 Å². The van der Waals surface area contributed by atoms with Crippen LogP contribution in [0, 0.1) is 10.1 Å². The van der Waals surface area contributed by atoms with E-state index in [0.29, 0.717) is 12.0 Å². The number of hydrogen-bond donors (Lipinski definition) is 1. The average molecular weight is 291 g/mol. The van der Waals surface area contributed by atoms with Gasteiger partial charge in [-0.3, -0.25) is 10.1 Å². The van der Waals surface area contributed by atoms with Crippen molar-refractivity contribution in [2.45, 2.75) is 20.0 Å². The summed E-state index contributed by atoms with van der Waals surface area (Å²) in [7, 11) is 0. The monoisotopic (exact) mass is 291 g/mol. The van der Waals surface area contributed by atoms with E-state index in [9.17, 15) is 14.9 Å². The van der Waals surface area contributed by atoms with Gasteiger partial charge in [0.2, 0.25) is 5.76 Å². The molecule has 0 saturated heterocycles. The Kier molecular flexibility index (Phi) is 4.22. The number of rotatable bonds is 6. The summed E-state index contributed by atoms with van der Waals surface area (Å²) in [6, 6.07) is 6.14. The number of nitro benzene ring substituents is 1. The molecule has 7 nitrogen and oxygen atoms in total. The lowest BCUT2D eigenvalue weighted by Gasteiger charge is -2.07. The van der Waals surface area contributed by atoms with Crippen LogP contribution in [0.25, 0.3) is 0 Å². The number of carboxylic acid groups (broad SMARTS) is 1. The van der Waals surface area contributed by atoms with E-state index in [-0.39, 0.29) is 23.8 Å². The maximum atomic E-state index is 11.0. The summed E-state index contributed by atoms with van der Waals surface area (Å²) in [5.74, 6) is -1.35. The first-order valence-corrected chi connectivity index (χ1v) is 6.22. The molecule has 0 fully saturated rings. The highest BCUT2D eigenvalue weighted by atomic mass is 16.6. The van der Waals surface area contributed by atoms with Gasteiger partial charge in [-0.1, -0.05) is 13.0 Å². The molecule has 0 aliphatic heterocycles. The molecule has 2 rings (SSSR count). The number of nitro groups is 1. The van der Waals surface area contributed by atoms with Crippen molar-refractivity contribution in [1.82, 2.24) is 0 Å². The van der Waals surface area contributed by atoms with E-state index in [2.05, 4.69) is 0 Å². The summed E-state index contributed by atoms with van der Waals surface area (Å²) in [4.78, 5) is 21.4. The lowest BCUT2D eigenvalue weighted by atomic mass is 10.1. The van der Waals surface area contributed by atoms with Crippen molar-refractivity contribution in [3.8, 4) is 5.75 Å². The number of nitrogens with zero attached hydrogens (tertiary/aromatic N) is 1. The number of hydrogen-bond acceptors (Lipinski definition) is 5. The Morgan fingerprint density at radius 1 is 1.43 bits per heavy atom. The minimum atomic E-state index is -1.21. The van der Waals surface area contributed by atoms with Crippen LogP contribution in [0.4, 0.5) is 5.69 Å². The van der Waals surface area contributed by atoms with Crippen LogP contribution < -0.4 is 4.74 Å². The molecule has 0 amide bonds. The predicted octanol–water partition coefficient (Wildman–Crippen LogP) is 3.03. The second-order valence-corrected chi connectivity index (χ2v) is 4.28. The van der Waals surface area contributed by atoms with Crippen LogP contribution >= 0.6 is 0 Å². The molecule has 0 spiro atoms. The summed E-state index contributed by atoms with van der Waals surface area (Å²) in [6.07, 6.45) is 1.91. The molecule has 1 aromatic carbocycles. The average Bonchev–Trinajstić information content (AvgIpc) is 2.93. The number of furan rings is 1. The lowest BCUT2D eigenvalue weighted by Crippen LogP contribution is -2.04. The predicted molar refractivity (Wildman–Crippen MR) is 72.5 cm³/mol. The molecule has 1 aromatic heterocycles. The van der Waals surface area contributed by atoms with Gasteiger partial charge in [-0.15, -0.1) is 0 Å². The van der Waals surface area contributed by atoms with Gasteiger partial charge in [0.1, 0.15) is 6.61 Å². The normalized spacial score (nSPS) is 10.3. The molecule has 1 heterocycles. The van der Waals surface area contributed by atoms with E-state index < -0.39 is 10.9 Å². The van der Waals surface area contributed by atoms with Crippen LogP contribution in [0.3, 0.4) is 0 Å². The van der Waals surface area contributed by atoms with Crippen LogP contribution in [0.15, 0.2) is 34.9 Å². The van der Waals surface area contributed by atoms with Gasteiger partial charge in [0.25, 0.3) is 0 Å². The Morgan fingerprint density at radius 2 is 2.19 bits per heavy atom. The van der Waals surface area contributed by atoms with Crippen molar-refractivity contribution < 1.29 is 24.0 Å². The van der Waals surface area contributed by atoms with E-state index in [1.807, 2.05) is 6.92 Å². The fraction of sp³-hybridized carbons (Fsp3) is 0.214. The molecule has 2 aromatic rings. The van der Waals surface area contributed by atoms with Gasteiger partial charge in [0, 0.05) is 11.6 Å². The van der Waals surface area contributed by atoms with Crippen LogP contribution in [-0.4, -0.2) is 16.0 Å². The Bertz CT molecular complexity index is 676. The number of carbonyl (C=O) groups is 1. The fourth-order valence-corrected chi connectivity index (χ4v) is 1.84. The van der Waals surface area contributed by atoms with Crippen molar-refractivity contribution in [2.24, 2.45) is 0 Å². The molecular weight excluding hydrogens is 278 g/mol. The van der Waals surface area contributed by atoms with Gasteiger partial charge in [-0.25, -0.2) is 4.79 Å². The first kappa shape index (κ1) is 14.6. The maximum absolute atomic E-state index is 11.0. The van der Waals surface area contributed by atoms with Gasteiger partial charge in [-0.2, -0.15) is 0 Å². The highest BCUT2D eigenvalue weighted by Crippen LogP contribution is 2.29. The van der Waals surface area contributed by atoms with Gasteiger partial charge in [0.05, 0.1) is 11.2 Å². The van der Waals surface area contributed by atoms with E-state index in [1.54, 1.807) is 6.07 Å². The van der Waals surface area contributed by atoms with Crippen molar-refractivity contribution >= 4 is 11.7 Å². The summed E-state index contributed by atoms with van der Waals surface area (Å²) < 4.78 is 10.2. The fourth-order valence-electron chi connectivity index (χ4n) is 1.84. The third kappa shape index (κ3) is 3.19. The topological polar surface area (TPSA) is 103 Å². The van der Waals surface area contributed by atoms with Gasteiger partial charge in [-0.05, 0) is 24.1 Å². The summed E-state index contributed by atoms with van der Waals surface area (Å²) in [5.41, 5.74) is 0.995. The number of benzene rings is 1. The third-order valence-electron chi connectivity index (χ3n) is 2.95. The molecule has 7 heteroatoms. The second kappa shape index (κ2) is 6.08. The third-order valence-corrected chi connectivity index (χ3v) is 2.95. The van der Waals surface area contributed by atoms with Gasteiger partial charge < -0.3 is 14.3 Å². The molecule has 0 atom stereocenters. The molecule has 110 valence electrons. The summed E-state index contributed by atoms with van der Waals surface area (Å²) in [5, 5.41) is 19.9. The Hall–Kier alpha value is -2.83. The molecule has 1 N–H and O–H groups in total. The smallest absolute Gasteiger partial charge is 0.372 e. The van der Waals surface area contributed by atoms with Crippen LogP contribution in [0.2, 0.25) is 0 Å². The standard InChI is InChI=1S/C14H13NO6/c1-2-9-3-4-12(11(7-9)15(18)19)21-8-10-5-6-20-13(10)14(16)17/h3-7H,2,8H2,1H3,(H,16,17). The minimum absolute atomic E-state index is 0.0924. The van der Waals surface area contributed by atoms with E-state index in [4.69, 9.17) is 14.3 Å². The van der Waals surface area contributed by atoms with Crippen molar-refractivity contribution in [1.29, 1.82) is 0 Å². The van der Waals surface area contributed by atoms with Crippen molar-refractivity contribution in [3.63, 3.8) is 0 Å². The maximum Gasteiger partial charge on any atom is 0.372 e. The first-order valence-electron chi connectivity index (χ1n) is 6.22. The zero-order valence-corrected chi connectivity index (χ0v) is 11.2. The van der Waals surface area contributed by atoms with Crippen LogP contribution in [0.1, 0.15) is 28.6 Å². The zero-order chi connectivity index (χ0) is 15.4. The molecule has 0 radical (unpaired) electrons. The van der Waals surface area contributed by atoms with E-state index in [0.717, 1.165) is 5.56 Å². The largest absolute Gasteiger partial charge is 0.482 e. The summed E-state index contributed by atoms with van der Waals surface area (Å²) in [6.45, 7) is 1.77. The number of aromatic carboxylic acids is 1. The first-order chi connectivity index (χ1) is 10.0. The Labute approximate surface area is 119 Å². The van der Waals surface area contributed by atoms with Gasteiger partial charge in [0.15, 0.2) is 5.75 Å². The number of aryl methyl sites for hydroxylation is 1. The highest BCUT2D eigenvalue weighted by Gasteiger charge is 2.18. The molecule has 0 bridgehead atoms. The quantitative estimate of drug-likeness (QED) is 0.648. The van der Waals surface area contributed by atoms with Crippen LogP contribution in [0.5, 0.6) is 5.75 Å². The summed E-state index contributed by atoms with van der Waals surface area (Å²) >= 11 is 0. The number of ether oxygens (including phenoxy) is 1. The van der Waals surface area contributed by atoms with Crippen molar-refractivity contribution in [2.75, 3.05) is 0 Å². The second-order valence-electron chi connectivity index (χ2n) is 4.28. The van der Waals surface area contributed by atoms with E-state index in [1.165, 1.54) is 24.5 Å². The molecule has 0 aliphatic rings. The lowest BCUT2D eigenvalue weighted by molar-refractivity contribution is -0.386. The number of carboxylic acids is 1. The molecule has 0 saturated carbocycles. The molecule has 0 unspecified atom stereocenters. The van der Waals surface area contributed by atoms with Crippen molar-refractivity contribution in [3.05, 3.63) is 57.5 Å². The van der Waals surface area contributed by atoms with E-state index >= 15 is 0 Å².